The summed E-state index contributed by atoms with van der Waals surface area (Å²) < 4.78 is 5.00. The average molecular weight is 216 g/mol. The van der Waals surface area contributed by atoms with Gasteiger partial charge in [-0.2, -0.15) is 0 Å². The van der Waals surface area contributed by atoms with Crippen LogP contribution < -0.4 is 0 Å². The van der Waals surface area contributed by atoms with Gasteiger partial charge >= 0.3 is 5.97 Å². The van der Waals surface area contributed by atoms with E-state index < -0.39 is 12.1 Å². The molecule has 0 radical (unpaired) electrons. The summed E-state index contributed by atoms with van der Waals surface area (Å²) in [6, 6.07) is -0.570. The van der Waals surface area contributed by atoms with Gasteiger partial charge in [0.15, 0.2) is 0 Å². The van der Waals surface area contributed by atoms with Crippen LogP contribution >= 0.6 is 11.6 Å². The van der Waals surface area contributed by atoms with Crippen LogP contribution in [0.1, 0.15) is 19.8 Å². The van der Waals surface area contributed by atoms with Crippen LogP contribution in [0.3, 0.4) is 0 Å². The van der Waals surface area contributed by atoms with E-state index in [0.29, 0.717) is 11.5 Å². The van der Waals surface area contributed by atoms with E-state index in [0.717, 1.165) is 6.42 Å². The topological polar surface area (TPSA) is 75.1 Å². The third-order valence-corrected chi connectivity index (χ3v) is 2.30. The molecule has 2 atom stereocenters. The maximum absolute atomic E-state index is 10.7. The SMILES string of the molecule is CC(=O)O[C@H]1CCC=C(Cl)[C@H]1N=[N+]=[N-]. The van der Waals surface area contributed by atoms with E-state index in [-0.39, 0.29) is 5.97 Å². The van der Waals surface area contributed by atoms with Crippen LogP contribution in [0.2, 0.25) is 0 Å². The van der Waals surface area contributed by atoms with Crippen molar-refractivity contribution in [3.63, 3.8) is 0 Å². The first kappa shape index (κ1) is 10.9. The number of hydrogen-bond acceptors (Lipinski definition) is 3. The summed E-state index contributed by atoms with van der Waals surface area (Å²) in [5.74, 6) is -0.389. The smallest absolute Gasteiger partial charge is 0.302 e. The van der Waals surface area contributed by atoms with E-state index in [1.54, 1.807) is 6.08 Å². The monoisotopic (exact) mass is 215 g/mol. The summed E-state index contributed by atoms with van der Waals surface area (Å²) in [5.41, 5.74) is 8.32. The minimum absolute atomic E-state index is 0.389. The number of hydrogen-bond donors (Lipinski definition) is 0. The Morgan fingerprint density at radius 2 is 2.57 bits per heavy atom. The third-order valence-electron chi connectivity index (χ3n) is 1.92. The van der Waals surface area contributed by atoms with Crippen LogP contribution in [0.25, 0.3) is 10.4 Å². The zero-order valence-corrected chi connectivity index (χ0v) is 8.44. The lowest BCUT2D eigenvalue weighted by Crippen LogP contribution is -2.31. The van der Waals surface area contributed by atoms with Gasteiger partial charge in [-0.15, -0.1) is 0 Å². The van der Waals surface area contributed by atoms with Gasteiger partial charge in [0.1, 0.15) is 12.1 Å². The maximum Gasteiger partial charge on any atom is 0.302 e. The third kappa shape index (κ3) is 2.65. The summed E-state index contributed by atoms with van der Waals surface area (Å²) in [4.78, 5) is 13.4. The summed E-state index contributed by atoms with van der Waals surface area (Å²) >= 11 is 5.84. The molecule has 0 aromatic heterocycles. The average Bonchev–Trinajstić information content (AvgIpc) is 2.10. The molecule has 6 heteroatoms. The molecule has 0 amide bonds. The molecule has 76 valence electrons. The molecule has 0 aromatic rings. The van der Waals surface area contributed by atoms with E-state index in [2.05, 4.69) is 10.0 Å². The molecule has 1 aliphatic rings. The number of allylic oxidation sites excluding steroid dienone is 1. The Morgan fingerprint density at radius 1 is 1.86 bits per heavy atom. The molecule has 0 spiro atoms. The number of nitrogens with zero attached hydrogens (tertiary/aromatic N) is 3. The van der Waals surface area contributed by atoms with Crippen molar-refractivity contribution in [2.24, 2.45) is 5.11 Å². The Bertz CT molecular complexity index is 310. The van der Waals surface area contributed by atoms with Crippen molar-refractivity contribution in [3.8, 4) is 0 Å². The van der Waals surface area contributed by atoms with Crippen LogP contribution in [0.4, 0.5) is 0 Å². The Morgan fingerprint density at radius 3 is 3.14 bits per heavy atom. The maximum atomic E-state index is 10.7. The molecule has 0 heterocycles. The number of carbonyl (C=O) groups excluding carboxylic acids is 1. The number of azide groups is 1. The van der Waals surface area contributed by atoms with Gasteiger partial charge in [0.05, 0.1) is 0 Å². The summed E-state index contributed by atoms with van der Waals surface area (Å²) in [7, 11) is 0. The largest absolute Gasteiger partial charge is 0.462 e. The van der Waals surface area contributed by atoms with Crippen molar-refractivity contribution in [2.45, 2.75) is 31.9 Å². The van der Waals surface area contributed by atoms with Gasteiger partial charge in [-0.1, -0.05) is 22.8 Å². The molecular formula is C8H10ClN3O2. The van der Waals surface area contributed by atoms with Crippen molar-refractivity contribution < 1.29 is 9.53 Å². The molecule has 5 nitrogen and oxygen atoms in total. The lowest BCUT2D eigenvalue weighted by atomic mass is 10.00. The molecule has 0 bridgehead atoms. The van der Waals surface area contributed by atoms with E-state index in [9.17, 15) is 4.79 Å². The van der Waals surface area contributed by atoms with Crippen LogP contribution in [0, 0.1) is 0 Å². The molecule has 1 rings (SSSR count). The molecule has 1 aliphatic carbocycles. The number of ether oxygens (including phenoxy) is 1. The van der Waals surface area contributed by atoms with E-state index in [4.69, 9.17) is 21.9 Å². The van der Waals surface area contributed by atoms with Crippen molar-refractivity contribution in [1.82, 2.24) is 0 Å². The van der Waals surface area contributed by atoms with Crippen molar-refractivity contribution in [3.05, 3.63) is 21.6 Å². The van der Waals surface area contributed by atoms with Crippen molar-refractivity contribution in [1.29, 1.82) is 0 Å². The number of rotatable bonds is 2. The van der Waals surface area contributed by atoms with Gasteiger partial charge in [-0.05, 0) is 18.4 Å². The van der Waals surface area contributed by atoms with Gasteiger partial charge in [-0.25, -0.2) is 0 Å². The second-order valence-electron chi connectivity index (χ2n) is 2.96. The second-order valence-corrected chi connectivity index (χ2v) is 3.40. The highest BCUT2D eigenvalue weighted by atomic mass is 35.5. The second kappa shape index (κ2) is 4.88. The Kier molecular flexibility index (Phi) is 3.80. The highest BCUT2D eigenvalue weighted by Gasteiger charge is 2.28. The Balaban J connectivity index is 2.78. The summed E-state index contributed by atoms with van der Waals surface area (Å²) in [6.07, 6.45) is 2.72. The molecule has 0 saturated carbocycles. The fraction of sp³-hybridized carbons (Fsp3) is 0.625. The first-order valence-corrected chi connectivity index (χ1v) is 4.60. The number of halogens is 1. The van der Waals surface area contributed by atoms with E-state index >= 15 is 0 Å². The summed E-state index contributed by atoms with van der Waals surface area (Å²) in [5, 5.41) is 3.95. The van der Waals surface area contributed by atoms with Crippen molar-refractivity contribution in [2.75, 3.05) is 0 Å². The Hall–Kier alpha value is -1.19. The van der Waals surface area contributed by atoms with Crippen LogP contribution in [-0.4, -0.2) is 18.1 Å². The number of esters is 1. The fourth-order valence-electron chi connectivity index (χ4n) is 1.36. The molecular weight excluding hydrogens is 206 g/mol. The van der Waals surface area contributed by atoms with Crippen LogP contribution in [0.5, 0.6) is 0 Å². The van der Waals surface area contributed by atoms with Crippen LogP contribution in [-0.2, 0) is 9.53 Å². The highest BCUT2D eigenvalue weighted by molar-refractivity contribution is 6.30. The van der Waals surface area contributed by atoms with Gasteiger partial charge in [0.2, 0.25) is 0 Å². The minimum Gasteiger partial charge on any atom is -0.462 e. The van der Waals surface area contributed by atoms with Gasteiger partial charge in [0, 0.05) is 16.9 Å². The molecule has 0 N–H and O–H groups in total. The first-order valence-electron chi connectivity index (χ1n) is 4.22. The van der Waals surface area contributed by atoms with Crippen molar-refractivity contribution >= 4 is 17.6 Å². The minimum atomic E-state index is -0.570. The zero-order valence-electron chi connectivity index (χ0n) is 7.68. The predicted molar refractivity (Wildman–Crippen MR) is 51.7 cm³/mol. The fourth-order valence-corrected chi connectivity index (χ4v) is 1.66. The quantitative estimate of drug-likeness (QED) is 0.307. The number of carbonyl (C=O) groups is 1. The molecule has 14 heavy (non-hydrogen) atoms. The van der Waals surface area contributed by atoms with Gasteiger partial charge in [-0.3, -0.25) is 4.79 Å². The lowest BCUT2D eigenvalue weighted by molar-refractivity contribution is -0.147. The molecule has 0 aliphatic heterocycles. The zero-order chi connectivity index (χ0) is 10.6. The van der Waals surface area contributed by atoms with Crippen LogP contribution in [0.15, 0.2) is 16.2 Å². The van der Waals surface area contributed by atoms with E-state index in [1.165, 1.54) is 6.92 Å². The standard InChI is InChI=1S/C8H10ClN3O2/c1-5(13)14-7-4-2-3-6(9)8(7)11-12-10/h3,7-8H,2,4H2,1H3/t7-,8+/m0/s1. The Labute approximate surface area is 86.3 Å². The van der Waals surface area contributed by atoms with Gasteiger partial charge < -0.3 is 4.74 Å². The molecule has 0 aromatic carbocycles. The molecule has 0 saturated heterocycles. The van der Waals surface area contributed by atoms with E-state index in [1.807, 2.05) is 0 Å². The highest BCUT2D eigenvalue weighted by Crippen LogP contribution is 2.27. The molecule has 0 fully saturated rings. The predicted octanol–water partition coefficient (Wildman–Crippen LogP) is 2.51. The lowest BCUT2D eigenvalue weighted by Gasteiger charge is -2.25. The summed E-state index contributed by atoms with van der Waals surface area (Å²) in [6.45, 7) is 1.32. The normalized spacial score (nSPS) is 26.0. The molecule has 0 unspecified atom stereocenters. The van der Waals surface area contributed by atoms with Gasteiger partial charge in [0.25, 0.3) is 0 Å². The first-order chi connectivity index (χ1) is 6.65.